The Kier molecular flexibility index (Phi) is 4.77. The van der Waals surface area contributed by atoms with Crippen LogP contribution in [-0.2, 0) is 6.54 Å². The lowest BCUT2D eigenvalue weighted by Gasteiger charge is -2.51. The van der Waals surface area contributed by atoms with Crippen molar-refractivity contribution < 1.29 is 9.47 Å². The minimum Gasteiger partial charge on any atom is -0.497 e. The van der Waals surface area contributed by atoms with Crippen LogP contribution in [0.15, 0.2) is 48.5 Å². The van der Waals surface area contributed by atoms with Crippen LogP contribution < -0.4 is 9.47 Å². The predicted octanol–water partition coefficient (Wildman–Crippen LogP) is 3.77. The lowest BCUT2D eigenvalue weighted by Crippen LogP contribution is -2.59. The number of nitrogens with zero attached hydrogens (tertiary/aromatic N) is 2. The molecule has 4 aliphatic rings. The van der Waals surface area contributed by atoms with Crippen molar-refractivity contribution in [3.05, 3.63) is 59.7 Å². The van der Waals surface area contributed by atoms with E-state index in [-0.39, 0.29) is 0 Å². The highest BCUT2D eigenvalue weighted by molar-refractivity contribution is 5.39. The highest BCUT2D eigenvalue weighted by Crippen LogP contribution is 2.47. The third kappa shape index (κ3) is 3.09. The van der Waals surface area contributed by atoms with Gasteiger partial charge in [-0.05, 0) is 55.1 Å². The summed E-state index contributed by atoms with van der Waals surface area (Å²) >= 11 is 0. The first-order valence-electron chi connectivity index (χ1n) is 10.5. The Labute approximate surface area is 168 Å². The second kappa shape index (κ2) is 7.41. The molecule has 148 valence electrons. The molecule has 28 heavy (non-hydrogen) atoms. The van der Waals surface area contributed by atoms with Gasteiger partial charge < -0.3 is 9.47 Å². The summed E-state index contributed by atoms with van der Waals surface area (Å²) in [4.78, 5) is 5.51. The molecular weight excluding hydrogens is 348 g/mol. The maximum Gasteiger partial charge on any atom is 0.122 e. The SMILES string of the molecule is COc1cc(CN2C[C@H](c3ccccc3)[C@@H]3[C@H]2C2CCN3CC2)cc(OC)c1. The Morgan fingerprint density at radius 1 is 0.893 bits per heavy atom. The predicted molar refractivity (Wildman–Crippen MR) is 111 cm³/mol. The molecule has 6 rings (SSSR count). The third-order valence-electron chi connectivity index (χ3n) is 7.12. The van der Waals surface area contributed by atoms with Gasteiger partial charge in [0.05, 0.1) is 14.2 Å². The summed E-state index contributed by atoms with van der Waals surface area (Å²) in [6.07, 6.45) is 2.70. The van der Waals surface area contributed by atoms with Crippen LogP contribution in [0.25, 0.3) is 0 Å². The van der Waals surface area contributed by atoms with Crippen molar-refractivity contribution in [2.24, 2.45) is 5.92 Å². The van der Waals surface area contributed by atoms with Gasteiger partial charge in [-0.3, -0.25) is 9.80 Å². The van der Waals surface area contributed by atoms with E-state index in [0.29, 0.717) is 18.0 Å². The average molecular weight is 379 g/mol. The molecule has 0 aromatic heterocycles. The highest BCUT2D eigenvalue weighted by atomic mass is 16.5. The first-order chi connectivity index (χ1) is 13.8. The zero-order valence-electron chi connectivity index (χ0n) is 16.9. The molecule has 0 spiro atoms. The fraction of sp³-hybridized carbons (Fsp3) is 0.500. The number of hydrogen-bond donors (Lipinski definition) is 0. The van der Waals surface area contributed by atoms with Gasteiger partial charge in [0.2, 0.25) is 0 Å². The van der Waals surface area contributed by atoms with Gasteiger partial charge in [0.1, 0.15) is 11.5 Å². The van der Waals surface area contributed by atoms with Crippen LogP contribution in [0.3, 0.4) is 0 Å². The van der Waals surface area contributed by atoms with Crippen LogP contribution in [0.1, 0.15) is 29.9 Å². The maximum absolute atomic E-state index is 5.50. The van der Waals surface area contributed by atoms with Crippen molar-refractivity contribution in [3.63, 3.8) is 0 Å². The first kappa shape index (κ1) is 18.0. The van der Waals surface area contributed by atoms with Crippen LogP contribution in [0.2, 0.25) is 0 Å². The number of likely N-dealkylation sites (tertiary alicyclic amines) is 1. The molecule has 4 fully saturated rings. The minimum atomic E-state index is 0.599. The zero-order chi connectivity index (χ0) is 19.1. The van der Waals surface area contributed by atoms with Crippen LogP contribution in [0.4, 0.5) is 0 Å². The molecule has 4 heterocycles. The van der Waals surface area contributed by atoms with Gasteiger partial charge in [-0.25, -0.2) is 0 Å². The Hall–Kier alpha value is -2.04. The summed E-state index contributed by atoms with van der Waals surface area (Å²) in [5.41, 5.74) is 2.77. The largest absolute Gasteiger partial charge is 0.497 e. The normalized spacial score (nSPS) is 31.6. The van der Waals surface area contributed by atoms with E-state index in [0.717, 1.165) is 30.5 Å². The van der Waals surface area contributed by atoms with E-state index in [1.54, 1.807) is 14.2 Å². The first-order valence-corrected chi connectivity index (χ1v) is 10.5. The van der Waals surface area contributed by atoms with Gasteiger partial charge in [-0.15, -0.1) is 0 Å². The summed E-state index contributed by atoms with van der Waals surface area (Å²) in [5.74, 6) is 3.18. The van der Waals surface area contributed by atoms with Crippen LogP contribution >= 0.6 is 0 Å². The van der Waals surface area contributed by atoms with Gasteiger partial charge >= 0.3 is 0 Å². The van der Waals surface area contributed by atoms with E-state index in [1.165, 1.54) is 37.1 Å². The van der Waals surface area contributed by atoms with Gasteiger partial charge in [0, 0.05) is 37.2 Å². The molecule has 3 atom stereocenters. The van der Waals surface area contributed by atoms with Gasteiger partial charge in [-0.1, -0.05) is 30.3 Å². The number of fused-ring (bicyclic) bond motifs is 2. The molecule has 4 heteroatoms. The van der Waals surface area contributed by atoms with E-state index in [9.17, 15) is 0 Å². The van der Waals surface area contributed by atoms with E-state index in [1.807, 2.05) is 6.07 Å². The van der Waals surface area contributed by atoms with Gasteiger partial charge in [0.25, 0.3) is 0 Å². The highest BCUT2D eigenvalue weighted by Gasteiger charge is 2.53. The van der Waals surface area contributed by atoms with Crippen molar-refractivity contribution in [1.29, 1.82) is 0 Å². The van der Waals surface area contributed by atoms with Crippen molar-refractivity contribution in [3.8, 4) is 11.5 Å². The minimum absolute atomic E-state index is 0.599. The van der Waals surface area contributed by atoms with Crippen molar-refractivity contribution in [2.75, 3.05) is 33.9 Å². The molecule has 0 N–H and O–H groups in total. The van der Waals surface area contributed by atoms with E-state index in [4.69, 9.17) is 9.47 Å². The van der Waals surface area contributed by atoms with Crippen molar-refractivity contribution >= 4 is 0 Å². The van der Waals surface area contributed by atoms with Crippen LogP contribution in [-0.4, -0.2) is 55.7 Å². The van der Waals surface area contributed by atoms with Gasteiger partial charge in [-0.2, -0.15) is 0 Å². The molecule has 4 saturated heterocycles. The number of piperidine rings is 3. The molecule has 0 aliphatic carbocycles. The van der Waals surface area contributed by atoms with Gasteiger partial charge in [0.15, 0.2) is 0 Å². The summed E-state index contributed by atoms with van der Waals surface area (Å²) in [6, 6.07) is 18.7. The Balaban J connectivity index is 1.46. The Morgan fingerprint density at radius 3 is 2.21 bits per heavy atom. The molecule has 2 aromatic rings. The van der Waals surface area contributed by atoms with E-state index < -0.39 is 0 Å². The number of rotatable bonds is 5. The lowest BCUT2D eigenvalue weighted by molar-refractivity contribution is -0.00871. The fourth-order valence-electron chi connectivity index (χ4n) is 5.91. The van der Waals surface area contributed by atoms with Crippen LogP contribution in [0.5, 0.6) is 11.5 Å². The smallest absolute Gasteiger partial charge is 0.122 e. The standard InChI is InChI=1S/C24H30N2O2/c1-27-20-12-17(13-21(14-20)28-2)15-26-16-22(18-6-4-3-5-7-18)24-23(26)19-8-10-25(24)11-9-19/h3-7,12-14,19,22-24H,8-11,15-16H2,1-2H3/t22-,23-,24-/m1/s1. The number of ether oxygens (including phenoxy) is 2. The second-order valence-electron chi connectivity index (χ2n) is 8.52. The van der Waals surface area contributed by atoms with Crippen LogP contribution in [0, 0.1) is 5.92 Å². The topological polar surface area (TPSA) is 24.9 Å². The molecule has 0 amide bonds. The van der Waals surface area contributed by atoms with Crippen molar-refractivity contribution in [2.45, 2.75) is 37.4 Å². The molecule has 4 aliphatic heterocycles. The number of hydrogen-bond acceptors (Lipinski definition) is 4. The fourth-order valence-corrected chi connectivity index (χ4v) is 5.91. The molecule has 0 radical (unpaired) electrons. The monoisotopic (exact) mass is 378 g/mol. The molecule has 2 bridgehead atoms. The molecular formula is C24H30N2O2. The van der Waals surface area contributed by atoms with E-state index >= 15 is 0 Å². The zero-order valence-corrected chi connectivity index (χ0v) is 16.9. The quantitative estimate of drug-likeness (QED) is 0.791. The molecule has 0 unspecified atom stereocenters. The van der Waals surface area contributed by atoms with E-state index in [2.05, 4.69) is 52.3 Å². The Bertz CT molecular complexity index is 794. The summed E-state index contributed by atoms with van der Waals surface area (Å²) < 4.78 is 11.0. The molecule has 0 saturated carbocycles. The number of methoxy groups -OCH3 is 2. The average Bonchev–Trinajstić information content (AvgIpc) is 3.16. The second-order valence-corrected chi connectivity index (χ2v) is 8.52. The van der Waals surface area contributed by atoms with Crippen molar-refractivity contribution in [1.82, 2.24) is 9.80 Å². The third-order valence-corrected chi connectivity index (χ3v) is 7.12. The maximum atomic E-state index is 5.50. The molecule has 2 aromatic carbocycles. The summed E-state index contributed by atoms with van der Waals surface area (Å²) in [5, 5.41) is 0. The summed E-state index contributed by atoms with van der Waals surface area (Å²) in [7, 11) is 3.45. The number of benzene rings is 2. The Morgan fingerprint density at radius 2 is 1.57 bits per heavy atom. The summed E-state index contributed by atoms with van der Waals surface area (Å²) in [6.45, 7) is 4.64. The lowest BCUT2D eigenvalue weighted by atomic mass is 9.75. The molecule has 4 nitrogen and oxygen atoms in total.